The number of nitrogens with two attached hydrogens (primary N) is 1. The van der Waals surface area contributed by atoms with Gasteiger partial charge in [-0.25, -0.2) is 0 Å². The number of aliphatic hydroxyl groups is 1. The number of hydrogen-bond donors (Lipinski definition) is 3. The molecule has 48 valence electrons. The Labute approximate surface area is 47.5 Å². The molecule has 0 aromatic heterocycles. The number of carbonyl (C=O) groups is 1. The molecule has 0 unspecified atom stereocenters. The molecule has 0 saturated carbocycles. The summed E-state index contributed by atoms with van der Waals surface area (Å²) in [5, 5.41) is 8.63. The van der Waals surface area contributed by atoms with Crippen molar-refractivity contribution in [2.45, 2.75) is 19.1 Å². The molecule has 0 saturated heterocycles. The van der Waals surface area contributed by atoms with E-state index >= 15 is 0 Å². The average molecular weight is 119 g/mol. The fourth-order valence-electron chi connectivity index (χ4n) is 0.238. The zero-order chi connectivity index (χ0) is 6.73. The van der Waals surface area contributed by atoms with Gasteiger partial charge in [0.1, 0.15) is 6.10 Å². The van der Waals surface area contributed by atoms with E-state index in [2.05, 4.69) is 5.73 Å². The van der Waals surface area contributed by atoms with Gasteiger partial charge in [0.15, 0.2) is 6.04 Å². The third kappa shape index (κ3) is 1.90. The van der Waals surface area contributed by atoms with Crippen LogP contribution in [0.25, 0.3) is 0 Å². The van der Waals surface area contributed by atoms with Gasteiger partial charge >= 0.3 is 0 Å². The van der Waals surface area contributed by atoms with Crippen LogP contribution in [-0.2, 0) is 4.79 Å². The first-order valence-corrected chi connectivity index (χ1v) is 2.36. The van der Waals surface area contributed by atoms with Gasteiger partial charge < -0.3 is 16.6 Å². The second-order valence-electron chi connectivity index (χ2n) is 1.75. The molecule has 0 spiro atoms. The molecule has 0 aliphatic heterocycles. The summed E-state index contributed by atoms with van der Waals surface area (Å²) in [6, 6.07) is -0.685. The minimum atomic E-state index is -0.743. The highest BCUT2D eigenvalue weighted by Crippen LogP contribution is 1.81. The minimum Gasteiger partial charge on any atom is -0.387 e. The van der Waals surface area contributed by atoms with Crippen molar-refractivity contribution in [1.82, 2.24) is 0 Å². The maximum Gasteiger partial charge on any atom is 0.278 e. The van der Waals surface area contributed by atoms with Gasteiger partial charge in [-0.2, -0.15) is 0 Å². The molecule has 0 radical (unpaired) electrons. The Kier molecular flexibility index (Phi) is 2.44. The molecule has 1 amide bonds. The second-order valence-corrected chi connectivity index (χ2v) is 1.75. The minimum absolute atomic E-state index is 0.569. The van der Waals surface area contributed by atoms with Crippen molar-refractivity contribution in [2.24, 2.45) is 5.73 Å². The second kappa shape index (κ2) is 2.64. The van der Waals surface area contributed by atoms with Crippen molar-refractivity contribution >= 4 is 5.91 Å². The lowest BCUT2D eigenvalue weighted by molar-refractivity contribution is -0.418. The van der Waals surface area contributed by atoms with Gasteiger partial charge in [0.05, 0.1) is 0 Å². The lowest BCUT2D eigenvalue weighted by atomic mass is 10.2. The monoisotopic (exact) mass is 119 g/mol. The van der Waals surface area contributed by atoms with E-state index in [0.29, 0.717) is 0 Å². The lowest BCUT2D eigenvalue weighted by Crippen LogP contribution is -2.71. The summed E-state index contributed by atoms with van der Waals surface area (Å²) in [7, 11) is 0. The molecule has 0 bridgehead atoms. The molecule has 8 heavy (non-hydrogen) atoms. The van der Waals surface area contributed by atoms with Gasteiger partial charge in [-0.05, 0) is 6.92 Å². The van der Waals surface area contributed by atoms with Crippen molar-refractivity contribution in [1.29, 1.82) is 0 Å². The van der Waals surface area contributed by atoms with Crippen molar-refractivity contribution in [3.8, 4) is 0 Å². The molecular formula is C4H11N2O2+. The van der Waals surface area contributed by atoms with E-state index < -0.39 is 18.1 Å². The molecule has 0 heterocycles. The lowest BCUT2D eigenvalue weighted by Gasteiger charge is -2.04. The van der Waals surface area contributed by atoms with Crippen LogP contribution in [0.3, 0.4) is 0 Å². The van der Waals surface area contributed by atoms with Crippen molar-refractivity contribution in [3.63, 3.8) is 0 Å². The number of carbonyl (C=O) groups excluding carboxylic acids is 1. The van der Waals surface area contributed by atoms with Crippen LogP contribution >= 0.6 is 0 Å². The van der Waals surface area contributed by atoms with E-state index in [1.54, 1.807) is 0 Å². The van der Waals surface area contributed by atoms with E-state index in [0.717, 1.165) is 0 Å². The van der Waals surface area contributed by atoms with Gasteiger partial charge in [-0.3, -0.25) is 4.79 Å². The van der Waals surface area contributed by atoms with E-state index in [1.807, 2.05) is 0 Å². The van der Waals surface area contributed by atoms with Crippen LogP contribution in [0.2, 0.25) is 0 Å². The molecule has 4 heteroatoms. The third-order valence-corrected chi connectivity index (χ3v) is 0.948. The van der Waals surface area contributed by atoms with E-state index in [9.17, 15) is 4.79 Å². The molecule has 0 aliphatic rings. The van der Waals surface area contributed by atoms with Crippen LogP contribution in [0.4, 0.5) is 0 Å². The smallest absolute Gasteiger partial charge is 0.278 e. The highest BCUT2D eigenvalue weighted by Gasteiger charge is 2.18. The number of hydrogen-bond acceptors (Lipinski definition) is 2. The molecular weight excluding hydrogens is 108 g/mol. The highest BCUT2D eigenvalue weighted by atomic mass is 16.3. The first-order valence-electron chi connectivity index (χ1n) is 2.36. The highest BCUT2D eigenvalue weighted by molar-refractivity contribution is 5.78. The predicted octanol–water partition coefficient (Wildman–Crippen LogP) is -2.54. The third-order valence-electron chi connectivity index (χ3n) is 0.948. The van der Waals surface area contributed by atoms with E-state index in [1.165, 1.54) is 6.92 Å². The van der Waals surface area contributed by atoms with Crippen LogP contribution in [0.1, 0.15) is 6.92 Å². The Morgan fingerprint density at radius 3 is 2.25 bits per heavy atom. The number of amides is 1. The van der Waals surface area contributed by atoms with Gasteiger partial charge in [-0.1, -0.05) is 0 Å². The summed E-state index contributed by atoms with van der Waals surface area (Å²) < 4.78 is 0. The normalized spacial score (nSPS) is 17.4. The topological polar surface area (TPSA) is 91.0 Å². The van der Waals surface area contributed by atoms with Crippen LogP contribution < -0.4 is 11.5 Å². The molecule has 0 fully saturated rings. The zero-order valence-electron chi connectivity index (χ0n) is 4.79. The van der Waals surface area contributed by atoms with Crippen molar-refractivity contribution < 1.29 is 15.6 Å². The Hall–Kier alpha value is -0.610. The Morgan fingerprint density at radius 1 is 1.88 bits per heavy atom. The largest absolute Gasteiger partial charge is 0.387 e. The van der Waals surface area contributed by atoms with Gasteiger partial charge in [0, 0.05) is 0 Å². The fraction of sp³-hybridized carbons (Fsp3) is 0.750. The molecule has 6 N–H and O–H groups in total. The molecule has 0 aliphatic carbocycles. The molecule has 0 rings (SSSR count). The van der Waals surface area contributed by atoms with Crippen LogP contribution in [0.15, 0.2) is 0 Å². The van der Waals surface area contributed by atoms with Gasteiger partial charge in [-0.15, -0.1) is 0 Å². The van der Waals surface area contributed by atoms with Gasteiger partial charge in [0.2, 0.25) is 0 Å². The van der Waals surface area contributed by atoms with Gasteiger partial charge in [0.25, 0.3) is 5.91 Å². The summed E-state index contributed by atoms with van der Waals surface area (Å²) in [4.78, 5) is 10.1. The predicted molar refractivity (Wildman–Crippen MR) is 27.6 cm³/mol. The number of quaternary nitrogens is 1. The van der Waals surface area contributed by atoms with E-state index in [4.69, 9.17) is 10.8 Å². The molecule has 0 aromatic rings. The summed E-state index contributed by atoms with van der Waals surface area (Å²) in [5.74, 6) is -0.569. The Bertz CT molecular complexity index is 92.0. The van der Waals surface area contributed by atoms with Crippen LogP contribution in [0, 0.1) is 0 Å². The zero-order valence-corrected chi connectivity index (χ0v) is 4.79. The Balaban J connectivity index is 3.64. The average Bonchev–Trinajstić information content (AvgIpc) is 1.64. The van der Waals surface area contributed by atoms with Crippen LogP contribution in [0.5, 0.6) is 0 Å². The maximum absolute atomic E-state index is 10.1. The molecule has 4 nitrogen and oxygen atoms in total. The van der Waals surface area contributed by atoms with Crippen molar-refractivity contribution in [2.75, 3.05) is 0 Å². The first kappa shape index (κ1) is 7.39. The first-order chi connectivity index (χ1) is 3.55. The summed E-state index contributed by atoms with van der Waals surface area (Å²) >= 11 is 0. The number of aliphatic hydroxyl groups excluding tert-OH is 1. The SMILES string of the molecule is C[C@@H](O)[C@H]([NH3+])C(N)=O. The summed E-state index contributed by atoms with van der Waals surface area (Å²) in [5.41, 5.74) is 8.09. The summed E-state index contributed by atoms with van der Waals surface area (Å²) in [6.45, 7) is 1.47. The fourth-order valence-corrected chi connectivity index (χ4v) is 0.238. The number of rotatable bonds is 2. The quantitative estimate of drug-likeness (QED) is 0.374. The van der Waals surface area contributed by atoms with E-state index in [-0.39, 0.29) is 0 Å². The maximum atomic E-state index is 10.1. The number of primary amides is 1. The molecule has 2 atom stereocenters. The Morgan fingerprint density at radius 2 is 2.25 bits per heavy atom. The van der Waals surface area contributed by atoms with Crippen molar-refractivity contribution in [3.05, 3.63) is 0 Å². The van der Waals surface area contributed by atoms with Crippen LogP contribution in [-0.4, -0.2) is 23.2 Å². The standard InChI is InChI=1S/C4H10N2O2/c1-2(7)3(5)4(6)8/h2-3,7H,5H2,1H3,(H2,6,8)/p+1/t2-,3+/m1/s1. The molecule has 0 aromatic carbocycles. The summed E-state index contributed by atoms with van der Waals surface area (Å²) in [6.07, 6.45) is -0.743.